The second-order valence-corrected chi connectivity index (χ2v) is 8.71. The third-order valence-electron chi connectivity index (χ3n) is 4.13. The first-order valence-electron chi connectivity index (χ1n) is 9.38. The van der Waals surface area contributed by atoms with E-state index in [4.69, 9.17) is 16.3 Å². The number of halogens is 2. The summed E-state index contributed by atoms with van der Waals surface area (Å²) >= 11 is 5.73. The summed E-state index contributed by atoms with van der Waals surface area (Å²) in [5.74, 6) is -2.00. The summed E-state index contributed by atoms with van der Waals surface area (Å²) < 4.78 is 45.2. The standard InChI is InChI=1S/C22H17ClFN3O5S/c23-16-7-11-18(12-8-16)33(30,31)26-14-21(28)27-25-13-15-5-9-17(10-6-15)32-22(29)19-3-1-2-4-20(19)24/h1-13,26H,14H2,(H,27,28)/b25-13-. The van der Waals surface area contributed by atoms with Gasteiger partial charge in [0.25, 0.3) is 5.91 Å². The topological polar surface area (TPSA) is 114 Å². The molecule has 33 heavy (non-hydrogen) atoms. The van der Waals surface area contributed by atoms with Crippen molar-refractivity contribution in [3.8, 4) is 5.75 Å². The van der Waals surface area contributed by atoms with E-state index in [1.807, 2.05) is 0 Å². The first-order valence-corrected chi connectivity index (χ1v) is 11.2. The Hall–Kier alpha value is -3.60. The van der Waals surface area contributed by atoms with Gasteiger partial charge < -0.3 is 4.74 Å². The second-order valence-electron chi connectivity index (χ2n) is 6.51. The number of hydrogen-bond donors (Lipinski definition) is 2. The summed E-state index contributed by atoms with van der Waals surface area (Å²) in [7, 11) is -3.87. The van der Waals surface area contributed by atoms with Crippen LogP contribution in [-0.4, -0.2) is 33.1 Å². The molecule has 8 nitrogen and oxygen atoms in total. The van der Waals surface area contributed by atoms with Crippen molar-refractivity contribution in [2.45, 2.75) is 4.90 Å². The minimum atomic E-state index is -3.87. The van der Waals surface area contributed by atoms with Crippen molar-refractivity contribution in [1.29, 1.82) is 0 Å². The maximum atomic E-state index is 13.6. The van der Waals surface area contributed by atoms with Crippen LogP contribution in [0.2, 0.25) is 5.02 Å². The Labute approximate surface area is 194 Å². The highest BCUT2D eigenvalue weighted by atomic mass is 35.5. The molecule has 0 saturated heterocycles. The zero-order valence-electron chi connectivity index (χ0n) is 16.9. The molecule has 0 saturated carbocycles. The van der Waals surface area contributed by atoms with Gasteiger partial charge in [0.15, 0.2) is 0 Å². The van der Waals surface area contributed by atoms with E-state index in [0.29, 0.717) is 10.6 Å². The van der Waals surface area contributed by atoms with Crippen LogP contribution in [0.5, 0.6) is 5.75 Å². The fourth-order valence-electron chi connectivity index (χ4n) is 2.49. The first kappa shape index (κ1) is 24.1. The molecule has 0 fully saturated rings. The summed E-state index contributed by atoms with van der Waals surface area (Å²) in [6.45, 7) is -0.521. The molecule has 0 atom stereocenters. The molecule has 1 amide bonds. The number of esters is 1. The molecule has 11 heteroatoms. The van der Waals surface area contributed by atoms with Crippen LogP contribution in [0.15, 0.2) is 82.8 Å². The lowest BCUT2D eigenvalue weighted by atomic mass is 10.2. The Morgan fingerprint density at radius 3 is 2.33 bits per heavy atom. The number of sulfonamides is 1. The summed E-state index contributed by atoms with van der Waals surface area (Å²) in [4.78, 5) is 23.8. The SMILES string of the molecule is O=C(CNS(=O)(=O)c1ccc(Cl)cc1)N/N=C\c1ccc(OC(=O)c2ccccc2F)cc1. The predicted octanol–water partition coefficient (Wildman–Crippen LogP) is 3.13. The number of carbonyl (C=O) groups excluding carboxylic acids is 2. The highest BCUT2D eigenvalue weighted by molar-refractivity contribution is 7.89. The van der Waals surface area contributed by atoms with E-state index in [0.717, 1.165) is 6.07 Å². The van der Waals surface area contributed by atoms with E-state index in [1.54, 1.807) is 12.1 Å². The Kier molecular flexibility index (Phi) is 7.88. The number of carbonyl (C=O) groups is 2. The molecule has 0 unspecified atom stereocenters. The molecule has 3 aromatic carbocycles. The summed E-state index contributed by atoms with van der Waals surface area (Å²) in [6.07, 6.45) is 1.31. The third-order valence-corrected chi connectivity index (χ3v) is 5.80. The highest BCUT2D eigenvalue weighted by Crippen LogP contribution is 2.15. The molecular formula is C22H17ClFN3O5S. The van der Waals surface area contributed by atoms with Crippen LogP contribution < -0.4 is 14.9 Å². The van der Waals surface area contributed by atoms with Crippen molar-refractivity contribution in [3.63, 3.8) is 0 Å². The summed E-state index contributed by atoms with van der Waals surface area (Å²) in [5.41, 5.74) is 2.57. The van der Waals surface area contributed by atoms with Crippen molar-refractivity contribution in [2.24, 2.45) is 5.10 Å². The van der Waals surface area contributed by atoms with Gasteiger partial charge in [-0.3, -0.25) is 4.79 Å². The summed E-state index contributed by atoms with van der Waals surface area (Å²) in [6, 6.07) is 17.0. The molecule has 3 rings (SSSR count). The third kappa shape index (κ3) is 6.94. The van der Waals surface area contributed by atoms with E-state index in [1.165, 1.54) is 60.8 Å². The number of nitrogens with zero attached hydrogens (tertiary/aromatic N) is 1. The van der Waals surface area contributed by atoms with E-state index >= 15 is 0 Å². The van der Waals surface area contributed by atoms with Crippen molar-refractivity contribution in [2.75, 3.05) is 6.54 Å². The lowest BCUT2D eigenvalue weighted by Gasteiger charge is -2.06. The first-order chi connectivity index (χ1) is 15.7. The average Bonchev–Trinajstić information content (AvgIpc) is 2.79. The van der Waals surface area contributed by atoms with Gasteiger partial charge in [-0.25, -0.2) is 27.8 Å². The van der Waals surface area contributed by atoms with Gasteiger partial charge in [-0.05, 0) is 66.2 Å². The van der Waals surface area contributed by atoms with Gasteiger partial charge in [0.05, 0.1) is 23.2 Å². The Morgan fingerprint density at radius 2 is 1.67 bits per heavy atom. The maximum Gasteiger partial charge on any atom is 0.346 e. The quantitative estimate of drug-likeness (QED) is 0.218. The van der Waals surface area contributed by atoms with Gasteiger partial charge in [0.2, 0.25) is 10.0 Å². The fraction of sp³-hybridized carbons (Fsp3) is 0.0455. The molecule has 3 aromatic rings. The zero-order chi connectivity index (χ0) is 23.8. The number of ether oxygens (including phenoxy) is 1. The Morgan fingerprint density at radius 1 is 1.00 bits per heavy atom. The molecule has 0 bridgehead atoms. The van der Waals surface area contributed by atoms with Crippen molar-refractivity contribution in [3.05, 3.63) is 94.8 Å². The zero-order valence-corrected chi connectivity index (χ0v) is 18.4. The summed E-state index contributed by atoms with van der Waals surface area (Å²) in [5, 5.41) is 4.13. The number of hydrogen-bond acceptors (Lipinski definition) is 6. The molecule has 0 aromatic heterocycles. The van der Waals surface area contributed by atoms with Crippen LogP contribution in [0.25, 0.3) is 0 Å². The maximum absolute atomic E-state index is 13.6. The fourth-order valence-corrected chi connectivity index (χ4v) is 3.59. The molecular weight excluding hydrogens is 473 g/mol. The van der Waals surface area contributed by atoms with Crippen molar-refractivity contribution in [1.82, 2.24) is 10.1 Å². The molecule has 0 spiro atoms. The number of nitrogens with one attached hydrogen (secondary N) is 2. The minimum Gasteiger partial charge on any atom is -0.423 e. The molecule has 0 aliphatic carbocycles. The number of amides is 1. The average molecular weight is 490 g/mol. The smallest absolute Gasteiger partial charge is 0.346 e. The number of hydrazone groups is 1. The van der Waals surface area contributed by atoms with E-state index in [-0.39, 0.29) is 16.2 Å². The minimum absolute atomic E-state index is 0.0287. The Balaban J connectivity index is 1.49. The molecule has 0 aliphatic heterocycles. The van der Waals surface area contributed by atoms with E-state index in [9.17, 15) is 22.4 Å². The lowest BCUT2D eigenvalue weighted by molar-refractivity contribution is -0.119. The molecule has 0 radical (unpaired) electrons. The molecule has 170 valence electrons. The van der Waals surface area contributed by atoms with Crippen molar-refractivity contribution >= 4 is 39.7 Å². The number of benzene rings is 3. The molecule has 2 N–H and O–H groups in total. The van der Waals surface area contributed by atoms with Gasteiger partial charge in [0.1, 0.15) is 11.6 Å². The van der Waals surface area contributed by atoms with Crippen LogP contribution in [0.4, 0.5) is 4.39 Å². The monoisotopic (exact) mass is 489 g/mol. The lowest BCUT2D eigenvalue weighted by Crippen LogP contribution is -2.34. The van der Waals surface area contributed by atoms with Gasteiger partial charge in [-0.1, -0.05) is 23.7 Å². The predicted molar refractivity (Wildman–Crippen MR) is 120 cm³/mol. The van der Waals surface area contributed by atoms with E-state index in [2.05, 4.69) is 15.2 Å². The van der Waals surface area contributed by atoms with E-state index < -0.39 is 34.3 Å². The van der Waals surface area contributed by atoms with Gasteiger partial charge in [0, 0.05) is 5.02 Å². The highest BCUT2D eigenvalue weighted by Gasteiger charge is 2.15. The normalized spacial score (nSPS) is 11.3. The van der Waals surface area contributed by atoms with Crippen LogP contribution in [0, 0.1) is 5.82 Å². The van der Waals surface area contributed by atoms with Gasteiger partial charge in [-0.2, -0.15) is 5.10 Å². The Bertz CT molecular complexity index is 1280. The second kappa shape index (κ2) is 10.8. The van der Waals surface area contributed by atoms with Crippen LogP contribution >= 0.6 is 11.6 Å². The van der Waals surface area contributed by atoms with Gasteiger partial charge >= 0.3 is 5.97 Å². The molecule has 0 aliphatic rings. The van der Waals surface area contributed by atoms with Crippen LogP contribution in [-0.2, 0) is 14.8 Å². The van der Waals surface area contributed by atoms with Crippen LogP contribution in [0.3, 0.4) is 0 Å². The van der Waals surface area contributed by atoms with Gasteiger partial charge in [-0.15, -0.1) is 0 Å². The number of rotatable bonds is 8. The molecule has 0 heterocycles. The van der Waals surface area contributed by atoms with Crippen LogP contribution in [0.1, 0.15) is 15.9 Å². The van der Waals surface area contributed by atoms with Crippen molar-refractivity contribution < 1.29 is 27.1 Å². The largest absolute Gasteiger partial charge is 0.423 e.